The maximum atomic E-state index is 7.11. The van der Waals surface area contributed by atoms with E-state index in [0.717, 1.165) is 23.4 Å². The molecule has 0 aromatic heterocycles. The Morgan fingerprint density at radius 2 is 1.86 bits per heavy atom. The Labute approximate surface area is 125 Å². The van der Waals surface area contributed by atoms with Gasteiger partial charge in [0.1, 0.15) is 11.5 Å². The zero-order chi connectivity index (χ0) is 15.4. The van der Waals surface area contributed by atoms with Crippen LogP contribution in [0, 0.1) is 13.5 Å². The van der Waals surface area contributed by atoms with Crippen molar-refractivity contribution in [3.63, 3.8) is 0 Å². The molecule has 0 aliphatic rings. The molecule has 0 saturated heterocycles. The molecule has 0 aliphatic heterocycles. The van der Waals surface area contributed by atoms with Gasteiger partial charge in [-0.2, -0.15) is 0 Å². The van der Waals surface area contributed by atoms with Crippen molar-refractivity contribution in [2.75, 3.05) is 19.8 Å². The number of nitrogen functional groups attached to an aromatic ring is 1. The Kier molecular flexibility index (Phi) is 4.46. The first-order valence-electron chi connectivity index (χ1n) is 6.70. The first-order valence-corrected chi connectivity index (χ1v) is 6.70. The quantitative estimate of drug-likeness (QED) is 0.681. The van der Waals surface area contributed by atoms with Gasteiger partial charge in [0, 0.05) is 12.1 Å². The maximum absolute atomic E-state index is 7.11. The zero-order valence-corrected chi connectivity index (χ0v) is 12.6. The molecule has 2 aromatic carbocycles. The van der Waals surface area contributed by atoms with Gasteiger partial charge < -0.3 is 15.4 Å². The molecule has 0 amide bonds. The number of nitrogens with zero attached hydrogens (tertiary/aromatic N) is 2. The summed E-state index contributed by atoms with van der Waals surface area (Å²) in [4.78, 5) is 5.53. The van der Waals surface area contributed by atoms with Gasteiger partial charge >= 0.3 is 0 Å². The van der Waals surface area contributed by atoms with Crippen molar-refractivity contribution in [3.8, 4) is 11.5 Å². The molecular formula is C17H19N3O. The average molecular weight is 281 g/mol. The van der Waals surface area contributed by atoms with Gasteiger partial charge in [-0.3, -0.25) is 0 Å². The summed E-state index contributed by atoms with van der Waals surface area (Å²) in [6, 6.07) is 11.4. The Morgan fingerprint density at radius 1 is 1.14 bits per heavy atom. The van der Waals surface area contributed by atoms with Gasteiger partial charge in [0.15, 0.2) is 5.69 Å². The first kappa shape index (κ1) is 14.9. The fourth-order valence-electron chi connectivity index (χ4n) is 2.10. The largest absolute Gasteiger partial charge is 0.455 e. The molecule has 2 rings (SSSR count). The summed E-state index contributed by atoms with van der Waals surface area (Å²) in [5.41, 5.74) is 9.00. The molecule has 0 aliphatic carbocycles. The number of benzene rings is 2. The second-order valence-electron chi connectivity index (χ2n) is 5.18. The molecule has 0 bridgehead atoms. The molecule has 2 aromatic rings. The summed E-state index contributed by atoms with van der Waals surface area (Å²) in [7, 11) is 4.03. The molecule has 0 heterocycles. The number of para-hydroxylation sites is 1. The van der Waals surface area contributed by atoms with E-state index in [0.29, 0.717) is 17.1 Å². The van der Waals surface area contributed by atoms with E-state index in [-0.39, 0.29) is 0 Å². The van der Waals surface area contributed by atoms with Gasteiger partial charge in [-0.15, -0.1) is 0 Å². The molecule has 108 valence electrons. The van der Waals surface area contributed by atoms with Crippen LogP contribution in [0.5, 0.6) is 11.5 Å². The van der Waals surface area contributed by atoms with Gasteiger partial charge in [0.25, 0.3) is 0 Å². The van der Waals surface area contributed by atoms with Gasteiger partial charge in [-0.1, -0.05) is 24.3 Å². The van der Waals surface area contributed by atoms with Gasteiger partial charge in [-0.25, -0.2) is 4.85 Å². The van der Waals surface area contributed by atoms with E-state index >= 15 is 0 Å². The predicted octanol–water partition coefficient (Wildman–Crippen LogP) is 3.98. The number of rotatable bonds is 4. The number of ether oxygens (including phenoxy) is 1. The minimum Gasteiger partial charge on any atom is -0.455 e. The van der Waals surface area contributed by atoms with Gasteiger partial charge in [0.2, 0.25) is 0 Å². The number of nitrogens with two attached hydrogens (primary N) is 1. The van der Waals surface area contributed by atoms with E-state index < -0.39 is 0 Å². The molecule has 4 nitrogen and oxygen atoms in total. The van der Waals surface area contributed by atoms with E-state index in [1.165, 1.54) is 0 Å². The van der Waals surface area contributed by atoms with Crippen molar-refractivity contribution in [1.82, 2.24) is 4.90 Å². The maximum Gasteiger partial charge on any atom is 0.192 e. The summed E-state index contributed by atoms with van der Waals surface area (Å²) in [6.07, 6.45) is 0. The Balaban J connectivity index is 2.35. The summed E-state index contributed by atoms with van der Waals surface area (Å²) in [5.74, 6) is 1.37. The van der Waals surface area contributed by atoms with Crippen LogP contribution in [0.25, 0.3) is 4.85 Å². The van der Waals surface area contributed by atoms with Crippen molar-refractivity contribution >= 4 is 11.4 Å². The van der Waals surface area contributed by atoms with Gasteiger partial charge in [0.05, 0.1) is 12.3 Å². The molecule has 0 spiro atoms. The Hall–Kier alpha value is -2.51. The normalized spacial score (nSPS) is 10.4. The molecule has 0 radical (unpaired) electrons. The van der Waals surface area contributed by atoms with E-state index in [4.69, 9.17) is 17.0 Å². The average Bonchev–Trinajstić information content (AvgIpc) is 2.45. The van der Waals surface area contributed by atoms with Crippen LogP contribution >= 0.6 is 0 Å². The third-order valence-electron chi connectivity index (χ3n) is 3.25. The lowest BCUT2D eigenvalue weighted by atomic mass is 10.1. The lowest BCUT2D eigenvalue weighted by molar-refractivity contribution is 0.389. The van der Waals surface area contributed by atoms with Crippen molar-refractivity contribution in [2.45, 2.75) is 13.5 Å². The van der Waals surface area contributed by atoms with Crippen LogP contribution < -0.4 is 10.5 Å². The highest BCUT2D eigenvalue weighted by molar-refractivity contribution is 5.70. The number of hydrogen-bond acceptors (Lipinski definition) is 3. The molecule has 0 fully saturated rings. The second kappa shape index (κ2) is 6.29. The third kappa shape index (κ3) is 3.33. The van der Waals surface area contributed by atoms with Crippen LogP contribution in [0.2, 0.25) is 0 Å². The zero-order valence-electron chi connectivity index (χ0n) is 12.6. The molecule has 2 N–H and O–H groups in total. The lowest BCUT2D eigenvalue weighted by Gasteiger charge is -2.16. The highest BCUT2D eigenvalue weighted by Gasteiger charge is 2.11. The van der Waals surface area contributed by atoms with E-state index in [1.807, 2.05) is 45.3 Å². The third-order valence-corrected chi connectivity index (χ3v) is 3.25. The Bertz CT molecular complexity index is 687. The molecule has 0 unspecified atom stereocenters. The standard InChI is InChI=1S/C17H19N3O/c1-12-14(19-2)9-10-16(17(12)18)21-15-8-6-5-7-13(15)11-20(3)4/h5-10H,11,18H2,1,3-4H3. The molecule has 21 heavy (non-hydrogen) atoms. The highest BCUT2D eigenvalue weighted by Crippen LogP contribution is 2.36. The number of anilines is 1. The van der Waals surface area contributed by atoms with Crippen molar-refractivity contribution < 1.29 is 4.74 Å². The lowest BCUT2D eigenvalue weighted by Crippen LogP contribution is -2.11. The van der Waals surface area contributed by atoms with Crippen molar-refractivity contribution in [3.05, 3.63) is 58.9 Å². The van der Waals surface area contributed by atoms with Crippen molar-refractivity contribution in [1.29, 1.82) is 0 Å². The van der Waals surface area contributed by atoms with Crippen LogP contribution in [0.15, 0.2) is 36.4 Å². The van der Waals surface area contributed by atoms with Crippen LogP contribution in [-0.2, 0) is 6.54 Å². The monoisotopic (exact) mass is 281 g/mol. The SMILES string of the molecule is [C-]#[N+]c1ccc(Oc2ccccc2CN(C)C)c(N)c1C. The first-order chi connectivity index (χ1) is 10.0. The summed E-state index contributed by atoms with van der Waals surface area (Å²) >= 11 is 0. The topological polar surface area (TPSA) is 42.8 Å². The van der Waals surface area contributed by atoms with Crippen molar-refractivity contribution in [2.24, 2.45) is 0 Å². The van der Waals surface area contributed by atoms with E-state index in [9.17, 15) is 0 Å². The summed E-state index contributed by atoms with van der Waals surface area (Å²) in [5, 5.41) is 0. The van der Waals surface area contributed by atoms with Crippen LogP contribution in [-0.4, -0.2) is 19.0 Å². The predicted molar refractivity (Wildman–Crippen MR) is 85.8 cm³/mol. The van der Waals surface area contributed by atoms with Crippen LogP contribution in [0.1, 0.15) is 11.1 Å². The van der Waals surface area contributed by atoms with Gasteiger partial charge in [-0.05, 0) is 38.7 Å². The molecule has 0 atom stereocenters. The number of hydrogen-bond donors (Lipinski definition) is 1. The molecule has 0 saturated carbocycles. The van der Waals surface area contributed by atoms with E-state index in [2.05, 4.69) is 9.74 Å². The summed E-state index contributed by atoms with van der Waals surface area (Å²) in [6.45, 7) is 9.73. The fourth-order valence-corrected chi connectivity index (χ4v) is 2.10. The molecule has 4 heteroatoms. The second-order valence-corrected chi connectivity index (χ2v) is 5.18. The smallest absolute Gasteiger partial charge is 0.192 e. The van der Waals surface area contributed by atoms with Crippen LogP contribution in [0.3, 0.4) is 0 Å². The summed E-state index contributed by atoms with van der Waals surface area (Å²) < 4.78 is 5.97. The van der Waals surface area contributed by atoms with Crippen LogP contribution in [0.4, 0.5) is 11.4 Å². The highest BCUT2D eigenvalue weighted by atomic mass is 16.5. The fraction of sp³-hybridized carbons (Fsp3) is 0.235. The molecular weight excluding hydrogens is 262 g/mol. The van der Waals surface area contributed by atoms with E-state index in [1.54, 1.807) is 12.1 Å². The minimum absolute atomic E-state index is 0.517. The Morgan fingerprint density at radius 3 is 2.52 bits per heavy atom. The minimum atomic E-state index is 0.517.